The van der Waals surface area contributed by atoms with Gasteiger partial charge >= 0.3 is 0 Å². The fourth-order valence-corrected chi connectivity index (χ4v) is 3.50. The van der Waals surface area contributed by atoms with Crippen molar-refractivity contribution in [2.75, 3.05) is 0 Å². The molecule has 4 aromatic carbocycles. The van der Waals surface area contributed by atoms with Gasteiger partial charge in [-0.05, 0) is 72.3 Å². The minimum Gasteiger partial charge on any atom is -0.488 e. The highest BCUT2D eigenvalue weighted by atomic mass is 79.9. The van der Waals surface area contributed by atoms with Crippen molar-refractivity contribution in [2.24, 2.45) is 4.99 Å². The largest absolute Gasteiger partial charge is 0.488 e. The average molecular weight is 493 g/mol. The van der Waals surface area contributed by atoms with E-state index in [2.05, 4.69) is 20.9 Å². The van der Waals surface area contributed by atoms with Crippen LogP contribution in [0.4, 0.5) is 5.69 Å². The minimum atomic E-state index is 0.425. The summed E-state index contributed by atoms with van der Waals surface area (Å²) in [6.45, 7) is 0.425. The fraction of sp³-hybridized carbons (Fsp3) is 0.0385. The van der Waals surface area contributed by atoms with Gasteiger partial charge in [-0.2, -0.15) is 0 Å². The van der Waals surface area contributed by atoms with E-state index in [1.54, 1.807) is 6.21 Å². The average Bonchev–Trinajstić information content (AvgIpc) is 2.79. The van der Waals surface area contributed by atoms with Gasteiger partial charge in [-0.15, -0.1) is 0 Å². The lowest BCUT2D eigenvalue weighted by Gasteiger charge is -2.10. The quantitative estimate of drug-likeness (QED) is 0.243. The Morgan fingerprint density at radius 1 is 0.806 bits per heavy atom. The van der Waals surface area contributed by atoms with Crippen molar-refractivity contribution in [3.63, 3.8) is 0 Å². The lowest BCUT2D eigenvalue weighted by molar-refractivity contribution is 0.306. The molecule has 0 unspecified atom stereocenters. The van der Waals surface area contributed by atoms with E-state index >= 15 is 0 Å². The van der Waals surface area contributed by atoms with E-state index in [1.807, 2.05) is 97.1 Å². The summed E-state index contributed by atoms with van der Waals surface area (Å²) in [7, 11) is 0. The molecule has 0 bridgehead atoms. The topological polar surface area (TPSA) is 30.8 Å². The Bertz CT molecular complexity index is 1180. The number of nitrogens with zero attached hydrogens (tertiary/aromatic N) is 1. The smallest absolute Gasteiger partial charge is 0.128 e. The molecule has 31 heavy (non-hydrogen) atoms. The molecule has 0 amide bonds. The fourth-order valence-electron chi connectivity index (χ4n) is 2.91. The Morgan fingerprint density at radius 2 is 1.58 bits per heavy atom. The number of rotatable bonds is 7. The number of para-hydroxylation sites is 1. The molecule has 0 aliphatic rings. The monoisotopic (exact) mass is 491 g/mol. The Labute approximate surface area is 195 Å². The van der Waals surface area contributed by atoms with Crippen molar-refractivity contribution in [3.8, 4) is 17.2 Å². The summed E-state index contributed by atoms with van der Waals surface area (Å²) in [6, 6.07) is 30.8. The van der Waals surface area contributed by atoms with Crippen LogP contribution in [0, 0.1) is 0 Å². The van der Waals surface area contributed by atoms with E-state index in [0.29, 0.717) is 11.6 Å². The Hall–Kier alpha value is -3.08. The molecule has 5 heteroatoms. The molecule has 0 heterocycles. The van der Waals surface area contributed by atoms with Crippen LogP contribution in [0.1, 0.15) is 11.1 Å². The van der Waals surface area contributed by atoms with Gasteiger partial charge in [-0.1, -0.05) is 57.9 Å². The van der Waals surface area contributed by atoms with Gasteiger partial charge in [0.1, 0.15) is 23.9 Å². The summed E-state index contributed by atoms with van der Waals surface area (Å²) in [6.07, 6.45) is 1.80. The third kappa shape index (κ3) is 6.20. The maximum atomic E-state index is 6.06. The number of benzene rings is 4. The van der Waals surface area contributed by atoms with E-state index in [4.69, 9.17) is 21.1 Å². The van der Waals surface area contributed by atoms with Crippen molar-refractivity contribution >= 4 is 39.4 Å². The van der Waals surface area contributed by atoms with Crippen LogP contribution in [-0.2, 0) is 6.61 Å². The maximum absolute atomic E-state index is 6.06. The Balaban J connectivity index is 1.46. The summed E-state index contributed by atoms with van der Waals surface area (Å²) in [5, 5.41) is 0.693. The highest BCUT2D eigenvalue weighted by molar-refractivity contribution is 9.10. The SMILES string of the molecule is Clc1cccc(COc2ccc(Br)cc2C=Nc2ccc(Oc3ccccc3)cc2)c1. The summed E-state index contributed by atoms with van der Waals surface area (Å²) in [5.41, 5.74) is 2.70. The third-order valence-electron chi connectivity index (χ3n) is 4.42. The zero-order valence-corrected chi connectivity index (χ0v) is 18.9. The number of ether oxygens (including phenoxy) is 2. The van der Waals surface area contributed by atoms with E-state index in [1.165, 1.54) is 0 Å². The predicted octanol–water partition coefficient (Wildman–Crippen LogP) is 8.22. The highest BCUT2D eigenvalue weighted by Gasteiger charge is 2.05. The molecule has 0 radical (unpaired) electrons. The first-order chi connectivity index (χ1) is 15.2. The Kier molecular flexibility index (Phi) is 7.03. The van der Waals surface area contributed by atoms with Crippen LogP contribution in [0.5, 0.6) is 17.2 Å². The molecule has 0 fully saturated rings. The molecule has 4 aromatic rings. The molecule has 0 aliphatic carbocycles. The van der Waals surface area contributed by atoms with Crippen LogP contribution in [0.15, 0.2) is 107 Å². The lowest BCUT2D eigenvalue weighted by atomic mass is 10.2. The number of halogens is 2. The molecule has 4 rings (SSSR count). The van der Waals surface area contributed by atoms with Gasteiger partial charge in [0, 0.05) is 21.3 Å². The van der Waals surface area contributed by atoms with Crippen LogP contribution in [0.25, 0.3) is 0 Å². The van der Waals surface area contributed by atoms with Crippen LogP contribution in [0.3, 0.4) is 0 Å². The van der Waals surface area contributed by atoms with Crippen molar-refractivity contribution in [3.05, 3.63) is 118 Å². The molecular weight excluding hydrogens is 474 g/mol. The normalized spacial score (nSPS) is 10.9. The standard InChI is InChI=1S/C26H19BrClNO2/c27-21-9-14-26(30-18-19-5-4-6-22(28)15-19)20(16-21)17-29-23-10-12-25(13-11-23)31-24-7-2-1-3-8-24/h1-17H,18H2. The number of hydrogen-bond acceptors (Lipinski definition) is 3. The summed E-state index contributed by atoms with van der Waals surface area (Å²) >= 11 is 9.58. The number of aliphatic imine (C=N–C) groups is 1. The van der Waals surface area contributed by atoms with Crippen LogP contribution in [0.2, 0.25) is 5.02 Å². The zero-order valence-electron chi connectivity index (χ0n) is 16.5. The van der Waals surface area contributed by atoms with Gasteiger partial charge in [0.25, 0.3) is 0 Å². The molecule has 3 nitrogen and oxygen atoms in total. The molecule has 0 atom stereocenters. The van der Waals surface area contributed by atoms with Crippen molar-refractivity contribution in [1.29, 1.82) is 0 Å². The molecular formula is C26H19BrClNO2. The minimum absolute atomic E-state index is 0.425. The number of hydrogen-bond donors (Lipinski definition) is 0. The summed E-state index contributed by atoms with van der Waals surface area (Å²) in [5.74, 6) is 2.31. The first kappa shape index (κ1) is 21.2. The first-order valence-corrected chi connectivity index (χ1v) is 10.9. The van der Waals surface area contributed by atoms with Crippen molar-refractivity contribution in [2.45, 2.75) is 6.61 Å². The molecule has 0 saturated heterocycles. The molecule has 0 saturated carbocycles. The van der Waals surface area contributed by atoms with E-state index in [9.17, 15) is 0 Å². The molecule has 154 valence electrons. The van der Waals surface area contributed by atoms with E-state index in [-0.39, 0.29) is 0 Å². The maximum Gasteiger partial charge on any atom is 0.128 e. The van der Waals surface area contributed by atoms with Crippen molar-refractivity contribution in [1.82, 2.24) is 0 Å². The zero-order chi connectivity index (χ0) is 21.5. The third-order valence-corrected chi connectivity index (χ3v) is 5.15. The van der Waals surface area contributed by atoms with Gasteiger partial charge in [0.2, 0.25) is 0 Å². The first-order valence-electron chi connectivity index (χ1n) is 9.69. The molecule has 0 spiro atoms. The van der Waals surface area contributed by atoms with Gasteiger partial charge in [-0.3, -0.25) is 4.99 Å². The molecule has 0 N–H and O–H groups in total. The second-order valence-corrected chi connectivity index (χ2v) is 8.12. The second-order valence-electron chi connectivity index (χ2n) is 6.77. The van der Waals surface area contributed by atoms with Crippen LogP contribution in [-0.4, -0.2) is 6.21 Å². The highest BCUT2D eigenvalue weighted by Crippen LogP contribution is 2.26. The summed E-state index contributed by atoms with van der Waals surface area (Å²) in [4.78, 5) is 4.59. The van der Waals surface area contributed by atoms with Gasteiger partial charge < -0.3 is 9.47 Å². The predicted molar refractivity (Wildman–Crippen MR) is 130 cm³/mol. The van der Waals surface area contributed by atoms with E-state index < -0.39 is 0 Å². The molecule has 0 aliphatic heterocycles. The lowest BCUT2D eigenvalue weighted by Crippen LogP contribution is -1.98. The van der Waals surface area contributed by atoms with E-state index in [0.717, 1.165) is 38.5 Å². The molecule has 0 aromatic heterocycles. The summed E-state index contributed by atoms with van der Waals surface area (Å²) < 4.78 is 12.8. The van der Waals surface area contributed by atoms with Crippen molar-refractivity contribution < 1.29 is 9.47 Å². The van der Waals surface area contributed by atoms with Crippen LogP contribution >= 0.6 is 27.5 Å². The second kappa shape index (κ2) is 10.3. The van der Waals surface area contributed by atoms with Gasteiger partial charge in [0.15, 0.2) is 0 Å². The van der Waals surface area contributed by atoms with Gasteiger partial charge in [0.05, 0.1) is 5.69 Å². The Morgan fingerprint density at radius 3 is 2.35 bits per heavy atom. The van der Waals surface area contributed by atoms with Crippen LogP contribution < -0.4 is 9.47 Å². The van der Waals surface area contributed by atoms with Gasteiger partial charge in [-0.25, -0.2) is 0 Å².